The number of methoxy groups -OCH3 is 1. The molecule has 0 saturated heterocycles. The van der Waals surface area contributed by atoms with Gasteiger partial charge >= 0.3 is 0 Å². The van der Waals surface area contributed by atoms with E-state index in [0.717, 1.165) is 0 Å². The van der Waals surface area contributed by atoms with Gasteiger partial charge in [0, 0.05) is 17.7 Å². The molecule has 0 aliphatic heterocycles. The lowest BCUT2D eigenvalue weighted by atomic mass is 10.1. The number of nitro groups is 1. The number of carbonyl (C=O) groups is 1. The Morgan fingerprint density at radius 2 is 2.04 bits per heavy atom. The topological polar surface area (TPSA) is 81.5 Å². The number of hydrogen-bond donors (Lipinski definition) is 1. The van der Waals surface area contributed by atoms with Crippen molar-refractivity contribution in [1.29, 1.82) is 0 Å². The van der Waals surface area contributed by atoms with Crippen molar-refractivity contribution >= 4 is 17.7 Å². The van der Waals surface area contributed by atoms with Crippen LogP contribution in [0.5, 0.6) is 5.75 Å². The van der Waals surface area contributed by atoms with E-state index in [-0.39, 0.29) is 17.3 Å². The van der Waals surface area contributed by atoms with Gasteiger partial charge in [0.05, 0.1) is 18.1 Å². The Kier molecular flexibility index (Phi) is 6.06. The van der Waals surface area contributed by atoms with E-state index in [9.17, 15) is 19.3 Å². The first kappa shape index (κ1) is 19.1. The summed E-state index contributed by atoms with van der Waals surface area (Å²) < 4.78 is 18.6. The molecule has 6 nitrogen and oxygen atoms in total. The van der Waals surface area contributed by atoms with Gasteiger partial charge in [0.1, 0.15) is 0 Å². The van der Waals surface area contributed by atoms with Gasteiger partial charge in [-0.05, 0) is 43.2 Å². The third kappa shape index (κ3) is 4.66. The van der Waals surface area contributed by atoms with E-state index in [1.165, 1.54) is 31.4 Å². The Balaban J connectivity index is 2.12. The Morgan fingerprint density at radius 3 is 2.65 bits per heavy atom. The maximum atomic E-state index is 13.7. The highest BCUT2D eigenvalue weighted by Crippen LogP contribution is 2.21. The highest BCUT2D eigenvalue weighted by molar-refractivity contribution is 5.97. The summed E-state index contributed by atoms with van der Waals surface area (Å²) in [5, 5.41) is 13.6. The van der Waals surface area contributed by atoms with Gasteiger partial charge in [-0.2, -0.15) is 0 Å². The fourth-order valence-electron chi connectivity index (χ4n) is 2.39. The van der Waals surface area contributed by atoms with Crippen LogP contribution in [0.2, 0.25) is 0 Å². The lowest BCUT2D eigenvalue weighted by Gasteiger charge is -2.14. The fourth-order valence-corrected chi connectivity index (χ4v) is 2.39. The van der Waals surface area contributed by atoms with Crippen molar-refractivity contribution in [2.75, 3.05) is 7.11 Å². The zero-order chi connectivity index (χ0) is 19.3. The third-order valence-electron chi connectivity index (χ3n) is 3.85. The maximum absolute atomic E-state index is 13.7. The molecule has 1 N–H and O–H groups in total. The number of hydrogen-bond acceptors (Lipinski definition) is 4. The number of non-ortho nitro benzene ring substituents is 1. The molecule has 26 heavy (non-hydrogen) atoms. The van der Waals surface area contributed by atoms with Crippen LogP contribution in [0.4, 0.5) is 10.1 Å². The molecule has 1 amide bonds. The highest BCUT2D eigenvalue weighted by Gasteiger charge is 2.14. The highest BCUT2D eigenvalue weighted by atomic mass is 19.1. The van der Waals surface area contributed by atoms with Crippen molar-refractivity contribution in [3.05, 3.63) is 75.1 Å². The molecule has 0 bridgehead atoms. The smallest absolute Gasteiger partial charge is 0.269 e. The zero-order valence-electron chi connectivity index (χ0n) is 14.7. The first-order valence-corrected chi connectivity index (χ1v) is 7.89. The van der Waals surface area contributed by atoms with Crippen molar-refractivity contribution in [2.24, 2.45) is 0 Å². The summed E-state index contributed by atoms with van der Waals surface area (Å²) in [6, 6.07) is 10.1. The molecule has 0 aromatic heterocycles. The first-order valence-electron chi connectivity index (χ1n) is 7.89. The van der Waals surface area contributed by atoms with Crippen LogP contribution in [0.3, 0.4) is 0 Å². The van der Waals surface area contributed by atoms with E-state index >= 15 is 0 Å². The number of nitrogens with one attached hydrogen (secondary N) is 1. The molecule has 0 aliphatic rings. The number of ether oxygens (including phenoxy) is 1. The molecule has 0 fully saturated rings. The van der Waals surface area contributed by atoms with E-state index in [0.29, 0.717) is 16.7 Å². The molecule has 2 aromatic carbocycles. The normalized spacial score (nSPS) is 12.4. The van der Waals surface area contributed by atoms with E-state index in [1.807, 2.05) is 0 Å². The van der Waals surface area contributed by atoms with Gasteiger partial charge in [-0.1, -0.05) is 18.2 Å². The lowest BCUT2D eigenvalue weighted by molar-refractivity contribution is -0.384. The van der Waals surface area contributed by atoms with Crippen molar-refractivity contribution in [3.8, 4) is 5.75 Å². The van der Waals surface area contributed by atoms with Crippen LogP contribution in [-0.4, -0.2) is 17.9 Å². The molecule has 2 rings (SSSR count). The summed E-state index contributed by atoms with van der Waals surface area (Å²) >= 11 is 0. The Labute approximate surface area is 150 Å². The molecule has 2 aromatic rings. The van der Waals surface area contributed by atoms with Gasteiger partial charge in [0.2, 0.25) is 5.91 Å². The van der Waals surface area contributed by atoms with E-state index in [1.54, 1.807) is 38.1 Å². The Bertz CT molecular complexity index is 864. The minimum absolute atomic E-state index is 0.0374. The van der Waals surface area contributed by atoms with E-state index in [4.69, 9.17) is 4.74 Å². The Hall–Kier alpha value is -3.22. The number of rotatable bonds is 6. The van der Waals surface area contributed by atoms with Gasteiger partial charge < -0.3 is 10.1 Å². The summed E-state index contributed by atoms with van der Waals surface area (Å²) in [7, 11) is 1.38. The van der Waals surface area contributed by atoms with Crippen molar-refractivity contribution in [1.82, 2.24) is 5.32 Å². The SMILES string of the molecule is COc1ccc(/C=C(\C)C(=O)NC(C)c2cccc([N+](=O)[O-])c2)cc1F. The summed E-state index contributed by atoms with van der Waals surface area (Å²) in [4.78, 5) is 22.7. The number of halogens is 1. The second-order valence-electron chi connectivity index (χ2n) is 5.77. The van der Waals surface area contributed by atoms with Gasteiger partial charge in [0.25, 0.3) is 5.69 Å². The van der Waals surface area contributed by atoms with Gasteiger partial charge in [0.15, 0.2) is 11.6 Å². The monoisotopic (exact) mass is 358 g/mol. The average Bonchev–Trinajstić information content (AvgIpc) is 2.61. The van der Waals surface area contributed by atoms with E-state index in [2.05, 4.69) is 5.32 Å². The first-order chi connectivity index (χ1) is 12.3. The fraction of sp³-hybridized carbons (Fsp3) is 0.211. The summed E-state index contributed by atoms with van der Waals surface area (Å²) in [5.74, 6) is -0.733. The zero-order valence-corrected chi connectivity index (χ0v) is 14.7. The number of benzene rings is 2. The largest absolute Gasteiger partial charge is 0.494 e. The second-order valence-corrected chi connectivity index (χ2v) is 5.77. The Morgan fingerprint density at radius 1 is 1.31 bits per heavy atom. The maximum Gasteiger partial charge on any atom is 0.269 e. The minimum atomic E-state index is -0.514. The van der Waals surface area contributed by atoms with Gasteiger partial charge in [-0.25, -0.2) is 4.39 Å². The van der Waals surface area contributed by atoms with Crippen LogP contribution in [0, 0.1) is 15.9 Å². The summed E-state index contributed by atoms with van der Waals surface area (Å²) in [5.41, 5.74) is 1.49. The molecule has 7 heteroatoms. The van der Waals surface area contributed by atoms with Crippen LogP contribution < -0.4 is 10.1 Å². The standard InChI is InChI=1S/C19H19FN2O4/c1-12(9-14-7-8-18(26-3)17(20)10-14)19(23)21-13(2)15-5-4-6-16(11-15)22(24)25/h4-11,13H,1-3H3,(H,21,23)/b12-9+. The molecular weight excluding hydrogens is 339 g/mol. The quantitative estimate of drug-likeness (QED) is 0.480. The van der Waals surface area contributed by atoms with Crippen molar-refractivity contribution in [3.63, 3.8) is 0 Å². The molecule has 0 heterocycles. The minimum Gasteiger partial charge on any atom is -0.494 e. The predicted molar refractivity (Wildman–Crippen MR) is 96.3 cm³/mol. The van der Waals surface area contributed by atoms with Gasteiger partial charge in [-0.15, -0.1) is 0 Å². The van der Waals surface area contributed by atoms with Crippen LogP contribution >= 0.6 is 0 Å². The molecule has 1 unspecified atom stereocenters. The predicted octanol–water partition coefficient (Wildman–Crippen LogP) is 4.02. The van der Waals surface area contributed by atoms with Crippen molar-refractivity contribution in [2.45, 2.75) is 19.9 Å². The van der Waals surface area contributed by atoms with E-state index < -0.39 is 16.8 Å². The van der Waals surface area contributed by atoms with Gasteiger partial charge in [-0.3, -0.25) is 14.9 Å². The number of amides is 1. The molecule has 0 saturated carbocycles. The van der Waals surface area contributed by atoms with Crippen LogP contribution in [0.15, 0.2) is 48.0 Å². The molecule has 1 atom stereocenters. The van der Waals surface area contributed by atoms with Crippen molar-refractivity contribution < 1.29 is 18.8 Å². The summed E-state index contributed by atoms with van der Waals surface area (Å²) in [6.45, 7) is 3.34. The molecular formula is C19H19FN2O4. The molecule has 0 spiro atoms. The molecule has 136 valence electrons. The third-order valence-corrected chi connectivity index (χ3v) is 3.85. The lowest BCUT2D eigenvalue weighted by Crippen LogP contribution is -2.27. The number of nitrogens with zero attached hydrogens (tertiary/aromatic N) is 1. The molecule has 0 radical (unpaired) electrons. The van der Waals surface area contributed by atoms with Crippen LogP contribution in [0.25, 0.3) is 6.08 Å². The summed E-state index contributed by atoms with van der Waals surface area (Å²) in [6.07, 6.45) is 1.55. The molecule has 0 aliphatic carbocycles. The number of carbonyl (C=O) groups excluding carboxylic acids is 1. The second kappa shape index (κ2) is 8.24. The average molecular weight is 358 g/mol. The number of nitro benzene ring substituents is 1. The van der Waals surface area contributed by atoms with Crippen LogP contribution in [0.1, 0.15) is 31.0 Å². The van der Waals surface area contributed by atoms with Crippen LogP contribution in [-0.2, 0) is 4.79 Å².